The molecule has 1 amide bonds. The molecule has 6 nitrogen and oxygen atoms in total. The summed E-state index contributed by atoms with van der Waals surface area (Å²) in [7, 11) is 1.59. The molecule has 0 aliphatic rings. The molecule has 144 valence electrons. The first-order valence-corrected chi connectivity index (χ1v) is 9.63. The van der Waals surface area contributed by atoms with Gasteiger partial charge in [0.1, 0.15) is 5.75 Å². The fraction of sp³-hybridized carbons (Fsp3) is 0.190. The van der Waals surface area contributed by atoms with Crippen LogP contribution in [0.3, 0.4) is 0 Å². The maximum atomic E-state index is 12.8. The first-order valence-electron chi connectivity index (χ1n) is 8.75. The Morgan fingerprint density at radius 3 is 2.68 bits per heavy atom. The van der Waals surface area contributed by atoms with Gasteiger partial charge >= 0.3 is 0 Å². The summed E-state index contributed by atoms with van der Waals surface area (Å²) in [6.07, 6.45) is 1.64. The van der Waals surface area contributed by atoms with Crippen molar-refractivity contribution in [3.05, 3.63) is 71.5 Å². The molecule has 0 bridgehead atoms. The van der Waals surface area contributed by atoms with Gasteiger partial charge < -0.3 is 10.1 Å². The van der Waals surface area contributed by atoms with Crippen molar-refractivity contribution in [3.63, 3.8) is 0 Å². The third kappa shape index (κ3) is 4.26. The number of para-hydroxylation sites is 1. The molecule has 28 heavy (non-hydrogen) atoms. The Hall–Kier alpha value is -3.06. The van der Waals surface area contributed by atoms with E-state index >= 15 is 0 Å². The Labute approximate surface area is 167 Å². The maximum absolute atomic E-state index is 12.8. The number of fused-ring (bicyclic) bond motifs is 1. The number of methoxy groups -OCH3 is 1. The van der Waals surface area contributed by atoms with Crippen molar-refractivity contribution in [1.82, 2.24) is 9.55 Å². The predicted molar refractivity (Wildman–Crippen MR) is 113 cm³/mol. The summed E-state index contributed by atoms with van der Waals surface area (Å²) in [5.74, 6) is 0.539. The fourth-order valence-electron chi connectivity index (χ4n) is 2.66. The second-order valence-corrected chi connectivity index (χ2v) is 7.40. The van der Waals surface area contributed by atoms with Crippen LogP contribution in [0.1, 0.15) is 6.92 Å². The van der Waals surface area contributed by atoms with Gasteiger partial charge in [0.05, 0.1) is 23.3 Å². The highest BCUT2D eigenvalue weighted by Crippen LogP contribution is 2.24. The van der Waals surface area contributed by atoms with E-state index in [9.17, 15) is 9.59 Å². The van der Waals surface area contributed by atoms with Crippen LogP contribution in [-0.2, 0) is 11.3 Å². The van der Waals surface area contributed by atoms with Crippen molar-refractivity contribution in [2.45, 2.75) is 23.9 Å². The lowest BCUT2D eigenvalue weighted by molar-refractivity contribution is -0.115. The van der Waals surface area contributed by atoms with Gasteiger partial charge in [-0.2, -0.15) is 0 Å². The summed E-state index contributed by atoms with van der Waals surface area (Å²) in [5, 5.41) is 3.45. The highest BCUT2D eigenvalue weighted by molar-refractivity contribution is 8.00. The van der Waals surface area contributed by atoms with E-state index in [1.807, 2.05) is 6.07 Å². The van der Waals surface area contributed by atoms with Crippen molar-refractivity contribution in [2.75, 3.05) is 12.4 Å². The largest absolute Gasteiger partial charge is 0.497 e. The number of aromatic nitrogens is 2. The monoisotopic (exact) mass is 395 g/mol. The van der Waals surface area contributed by atoms with E-state index in [4.69, 9.17) is 4.74 Å². The van der Waals surface area contributed by atoms with Crippen LogP contribution in [-0.4, -0.2) is 27.8 Å². The number of nitrogens with one attached hydrogen (secondary N) is 1. The quantitative estimate of drug-likeness (QED) is 0.375. The molecule has 3 rings (SSSR count). The van der Waals surface area contributed by atoms with Gasteiger partial charge in [-0.3, -0.25) is 14.2 Å². The number of nitrogens with zero attached hydrogens (tertiary/aromatic N) is 2. The van der Waals surface area contributed by atoms with E-state index in [0.29, 0.717) is 34.0 Å². The van der Waals surface area contributed by atoms with Crippen molar-refractivity contribution >= 4 is 34.3 Å². The number of ether oxygens (including phenoxy) is 1. The SMILES string of the molecule is C=CCn1c(S[C@H](C)C(=O)Nc2ccc(OC)cc2)nc2ccccc2c1=O. The van der Waals surface area contributed by atoms with Crippen molar-refractivity contribution in [3.8, 4) is 5.75 Å². The summed E-state index contributed by atoms with van der Waals surface area (Å²) >= 11 is 1.24. The van der Waals surface area contributed by atoms with Gasteiger partial charge in [0.15, 0.2) is 5.16 Å². The summed E-state index contributed by atoms with van der Waals surface area (Å²) in [6, 6.07) is 14.3. The number of amides is 1. The van der Waals surface area contributed by atoms with Crippen LogP contribution in [0.2, 0.25) is 0 Å². The number of carbonyl (C=O) groups excluding carboxylic acids is 1. The second-order valence-electron chi connectivity index (χ2n) is 6.09. The van der Waals surface area contributed by atoms with Gasteiger partial charge in [-0.15, -0.1) is 6.58 Å². The van der Waals surface area contributed by atoms with Gasteiger partial charge in [0, 0.05) is 12.2 Å². The Kier molecular flexibility index (Phi) is 6.16. The molecule has 1 aromatic heterocycles. The van der Waals surface area contributed by atoms with E-state index in [1.165, 1.54) is 16.3 Å². The minimum atomic E-state index is -0.453. The van der Waals surface area contributed by atoms with Crippen molar-refractivity contribution in [1.29, 1.82) is 0 Å². The van der Waals surface area contributed by atoms with E-state index in [1.54, 1.807) is 62.6 Å². The maximum Gasteiger partial charge on any atom is 0.262 e. The van der Waals surface area contributed by atoms with E-state index in [-0.39, 0.29) is 11.5 Å². The summed E-state index contributed by atoms with van der Waals surface area (Å²) in [5.41, 5.74) is 1.14. The Balaban J connectivity index is 1.83. The number of anilines is 1. The van der Waals surface area contributed by atoms with Crippen molar-refractivity contribution in [2.24, 2.45) is 0 Å². The average molecular weight is 395 g/mol. The second kappa shape index (κ2) is 8.75. The van der Waals surface area contributed by atoms with Crippen molar-refractivity contribution < 1.29 is 9.53 Å². The normalized spacial score (nSPS) is 11.8. The van der Waals surface area contributed by atoms with Crippen LogP contribution < -0.4 is 15.6 Å². The molecular weight excluding hydrogens is 374 g/mol. The van der Waals surface area contributed by atoms with E-state index in [0.717, 1.165) is 0 Å². The Bertz CT molecular complexity index is 1060. The van der Waals surface area contributed by atoms with Gasteiger partial charge in [0.2, 0.25) is 5.91 Å². The minimum Gasteiger partial charge on any atom is -0.497 e. The van der Waals surface area contributed by atoms with E-state index < -0.39 is 5.25 Å². The van der Waals surface area contributed by atoms with Crippen LogP contribution in [0.15, 0.2) is 71.1 Å². The molecule has 3 aromatic rings. The lowest BCUT2D eigenvalue weighted by atomic mass is 10.2. The van der Waals surface area contributed by atoms with E-state index in [2.05, 4.69) is 16.9 Å². The summed E-state index contributed by atoms with van der Waals surface area (Å²) < 4.78 is 6.66. The molecular formula is C21H21N3O3S. The van der Waals surface area contributed by atoms with Gasteiger partial charge in [0.25, 0.3) is 5.56 Å². The molecule has 0 aliphatic heterocycles. The predicted octanol–water partition coefficient (Wildman–Crippen LogP) is 3.71. The fourth-order valence-corrected chi connectivity index (χ4v) is 3.58. The Morgan fingerprint density at radius 1 is 1.29 bits per heavy atom. The van der Waals surface area contributed by atoms with Crippen LogP contribution in [0.5, 0.6) is 5.75 Å². The van der Waals surface area contributed by atoms with Gasteiger partial charge in [-0.1, -0.05) is 30.0 Å². The molecule has 0 unspecified atom stereocenters. The third-order valence-corrected chi connectivity index (χ3v) is 5.24. The topological polar surface area (TPSA) is 73.2 Å². The highest BCUT2D eigenvalue weighted by atomic mass is 32.2. The number of benzene rings is 2. The third-order valence-electron chi connectivity index (χ3n) is 4.15. The number of carbonyl (C=O) groups is 1. The zero-order valence-electron chi connectivity index (χ0n) is 15.7. The number of thioether (sulfide) groups is 1. The number of hydrogen-bond acceptors (Lipinski definition) is 5. The van der Waals surface area contributed by atoms with Gasteiger partial charge in [-0.05, 0) is 43.3 Å². The van der Waals surface area contributed by atoms with Crippen LogP contribution in [0.25, 0.3) is 10.9 Å². The number of allylic oxidation sites excluding steroid dienone is 1. The molecule has 0 fully saturated rings. The Morgan fingerprint density at radius 2 is 2.00 bits per heavy atom. The minimum absolute atomic E-state index is 0.143. The first-order chi connectivity index (χ1) is 13.5. The van der Waals surface area contributed by atoms with Gasteiger partial charge in [-0.25, -0.2) is 4.98 Å². The molecule has 2 aromatic carbocycles. The van der Waals surface area contributed by atoms with Crippen LogP contribution in [0.4, 0.5) is 5.69 Å². The number of rotatable bonds is 7. The molecule has 0 aliphatic carbocycles. The lowest BCUT2D eigenvalue weighted by Gasteiger charge is -2.15. The molecule has 0 spiro atoms. The molecule has 0 saturated carbocycles. The molecule has 1 heterocycles. The zero-order valence-corrected chi connectivity index (χ0v) is 16.5. The lowest BCUT2D eigenvalue weighted by Crippen LogP contribution is -2.26. The smallest absolute Gasteiger partial charge is 0.262 e. The van der Waals surface area contributed by atoms with Crippen LogP contribution in [0, 0.1) is 0 Å². The molecule has 1 atom stereocenters. The average Bonchev–Trinajstić information content (AvgIpc) is 2.71. The first kappa shape index (κ1) is 19.7. The molecule has 0 saturated heterocycles. The standard InChI is InChI=1S/C21H21N3O3S/c1-4-13-24-20(26)17-7-5-6-8-18(17)23-21(24)28-14(2)19(25)22-15-9-11-16(27-3)12-10-15/h4-12,14H,1,13H2,2-3H3,(H,22,25)/t14-/m1/s1. The molecule has 1 N–H and O–H groups in total. The van der Waals surface area contributed by atoms with Crippen LogP contribution >= 0.6 is 11.8 Å². The summed E-state index contributed by atoms with van der Waals surface area (Å²) in [4.78, 5) is 30.0. The number of hydrogen-bond donors (Lipinski definition) is 1. The molecule has 7 heteroatoms. The summed E-state index contributed by atoms with van der Waals surface area (Å²) in [6.45, 7) is 5.82. The highest BCUT2D eigenvalue weighted by Gasteiger charge is 2.19. The zero-order chi connectivity index (χ0) is 20.1. The molecule has 0 radical (unpaired) electrons.